The summed E-state index contributed by atoms with van der Waals surface area (Å²) in [6, 6.07) is 3.20. The molecule has 0 aliphatic carbocycles. The Bertz CT molecular complexity index is 740. The number of nitrogens with one attached hydrogen (secondary N) is 2. The van der Waals surface area contributed by atoms with Crippen LogP contribution in [0, 0.1) is 12.9 Å². The lowest BCUT2D eigenvalue weighted by Gasteiger charge is -2.00. The molecule has 0 amide bonds. The maximum Gasteiger partial charge on any atom is 0.404 e. The number of carboxylic acid groups (broad SMARTS) is 1. The summed E-state index contributed by atoms with van der Waals surface area (Å²) in [5, 5.41) is 12.8. The number of hydrogen-bond donors (Lipinski definition) is 3. The lowest BCUT2D eigenvalue weighted by atomic mass is 10.3. The molecule has 5 nitrogen and oxygen atoms in total. The molecule has 2 aromatic rings. The van der Waals surface area contributed by atoms with Crippen LogP contribution in [-0.4, -0.2) is 27.9 Å². The van der Waals surface area contributed by atoms with Gasteiger partial charge in [0.2, 0.25) is 0 Å². The molecular formula is C11H10N3O2S2+. The van der Waals surface area contributed by atoms with E-state index in [9.17, 15) is 4.79 Å². The fraction of sp³-hybridized carbons (Fsp3) is 0.182. The second-order valence-electron chi connectivity index (χ2n) is 3.84. The van der Waals surface area contributed by atoms with Crippen molar-refractivity contribution in [3.05, 3.63) is 29.7 Å². The van der Waals surface area contributed by atoms with Crippen LogP contribution >= 0.6 is 23.1 Å². The molecule has 3 heterocycles. The number of H-pyrrole nitrogens is 1. The Morgan fingerprint density at radius 1 is 1.72 bits per heavy atom. The number of hydrogen-bond acceptors (Lipinski definition) is 3. The number of carbonyl (C=O) groups is 1. The average molecular weight is 280 g/mol. The van der Waals surface area contributed by atoms with Crippen molar-refractivity contribution in [3.8, 4) is 0 Å². The molecule has 0 bridgehead atoms. The summed E-state index contributed by atoms with van der Waals surface area (Å²) in [4.78, 5) is 15.1. The largest absolute Gasteiger partial charge is 0.480 e. The molecule has 2 aromatic heterocycles. The van der Waals surface area contributed by atoms with E-state index in [1.165, 1.54) is 23.1 Å². The first-order valence-corrected chi connectivity index (χ1v) is 7.04. The van der Waals surface area contributed by atoms with Gasteiger partial charge in [-0.2, -0.15) is 0 Å². The van der Waals surface area contributed by atoms with Crippen molar-refractivity contribution in [2.75, 3.05) is 5.75 Å². The van der Waals surface area contributed by atoms with Gasteiger partial charge in [0.05, 0.1) is 12.2 Å². The Labute approximate surface area is 111 Å². The van der Waals surface area contributed by atoms with Gasteiger partial charge < -0.3 is 15.4 Å². The van der Waals surface area contributed by atoms with E-state index in [-0.39, 0.29) is 0 Å². The minimum absolute atomic E-state index is 0.512. The maximum atomic E-state index is 10.9. The van der Waals surface area contributed by atoms with Gasteiger partial charge in [-0.05, 0) is 0 Å². The minimum Gasteiger partial charge on any atom is -0.480 e. The quantitative estimate of drug-likeness (QED) is 0.393. The van der Waals surface area contributed by atoms with Crippen molar-refractivity contribution in [2.24, 2.45) is 0 Å². The van der Waals surface area contributed by atoms with E-state index >= 15 is 0 Å². The van der Waals surface area contributed by atoms with E-state index in [4.69, 9.17) is 5.11 Å². The molecule has 0 saturated carbocycles. The Morgan fingerprint density at radius 3 is 3.22 bits per heavy atom. The van der Waals surface area contributed by atoms with Crippen LogP contribution in [0.25, 0.3) is 15.4 Å². The van der Waals surface area contributed by atoms with E-state index in [0.717, 1.165) is 20.0 Å². The Balaban J connectivity index is 2.13. The summed E-state index contributed by atoms with van der Waals surface area (Å²) in [5.41, 5.74) is 0.970. The van der Waals surface area contributed by atoms with E-state index < -0.39 is 12.0 Å². The highest BCUT2D eigenvalue weighted by molar-refractivity contribution is 8.08. The highest BCUT2D eigenvalue weighted by Gasteiger charge is 2.29. The van der Waals surface area contributed by atoms with Crippen molar-refractivity contribution < 1.29 is 14.1 Å². The number of thioether (sulfide) groups is 1. The van der Waals surface area contributed by atoms with E-state index in [2.05, 4.69) is 23.2 Å². The first-order valence-electron chi connectivity index (χ1n) is 5.24. The third kappa shape index (κ3) is 1.85. The molecule has 1 fully saturated rings. The zero-order valence-corrected chi connectivity index (χ0v) is 10.9. The lowest BCUT2D eigenvalue weighted by molar-refractivity contribution is -0.470. The number of pyridine rings is 1. The molecule has 7 heteroatoms. The van der Waals surface area contributed by atoms with Gasteiger partial charge in [0.15, 0.2) is 11.2 Å². The van der Waals surface area contributed by atoms with Gasteiger partial charge in [-0.1, -0.05) is 17.8 Å². The van der Waals surface area contributed by atoms with Crippen molar-refractivity contribution in [2.45, 2.75) is 6.04 Å². The SMILES string of the molecule is C=[n+]1[c-]ccc2[nH]c(=C3NC(C(=O)O)CS3)[s+]c21. The van der Waals surface area contributed by atoms with Crippen LogP contribution in [0.4, 0.5) is 0 Å². The Kier molecular flexibility index (Phi) is 2.71. The van der Waals surface area contributed by atoms with Crippen LogP contribution < -0.4 is 14.2 Å². The number of carboxylic acids is 1. The molecule has 1 saturated heterocycles. The fourth-order valence-electron chi connectivity index (χ4n) is 1.71. The Hall–Kier alpha value is -1.60. The second-order valence-corrected chi connectivity index (χ2v) is 5.87. The number of nitrogens with zero attached hydrogens (tertiary/aromatic N) is 1. The van der Waals surface area contributed by atoms with Crippen LogP contribution in [0.1, 0.15) is 0 Å². The lowest BCUT2D eigenvalue weighted by Crippen LogP contribution is -2.32. The zero-order valence-electron chi connectivity index (χ0n) is 9.27. The molecule has 0 radical (unpaired) electrons. The van der Waals surface area contributed by atoms with Gasteiger partial charge in [-0.25, -0.2) is 9.04 Å². The molecule has 0 spiro atoms. The molecule has 1 aliphatic rings. The maximum absolute atomic E-state index is 10.9. The van der Waals surface area contributed by atoms with Crippen molar-refractivity contribution >= 4 is 44.4 Å². The van der Waals surface area contributed by atoms with Crippen molar-refractivity contribution in [1.82, 2.24) is 10.3 Å². The molecule has 1 atom stereocenters. The number of rotatable bonds is 1. The van der Waals surface area contributed by atoms with E-state index in [1.807, 2.05) is 6.07 Å². The van der Waals surface area contributed by atoms with Crippen LogP contribution in [0.5, 0.6) is 0 Å². The van der Waals surface area contributed by atoms with E-state index in [1.54, 1.807) is 10.3 Å². The topological polar surface area (TPSA) is 71.0 Å². The van der Waals surface area contributed by atoms with Crippen LogP contribution in [0.3, 0.4) is 0 Å². The third-order valence-corrected chi connectivity index (χ3v) is 4.99. The molecule has 3 rings (SSSR count). The average Bonchev–Trinajstić information content (AvgIpc) is 2.95. The van der Waals surface area contributed by atoms with Gasteiger partial charge >= 0.3 is 15.5 Å². The first kappa shape index (κ1) is 11.5. The van der Waals surface area contributed by atoms with Crippen LogP contribution in [0.2, 0.25) is 0 Å². The van der Waals surface area contributed by atoms with Crippen molar-refractivity contribution in [3.63, 3.8) is 0 Å². The molecule has 1 unspecified atom stereocenters. The second kappa shape index (κ2) is 4.25. The normalized spacial score (nSPS) is 22.1. The number of thiazole rings is 1. The standard InChI is InChI=1S/C11H9N3O2S2/c1-14-4-2-3-6-10(14)18-9(12-6)8-13-7(5-17-8)11(15)16/h2-3,7,12-13H,1,5H2/p+1. The third-order valence-electron chi connectivity index (χ3n) is 2.61. The summed E-state index contributed by atoms with van der Waals surface area (Å²) in [6.45, 7) is 3.85. The number of aliphatic carboxylic acids is 1. The number of fused-ring (bicyclic) bond motifs is 1. The van der Waals surface area contributed by atoms with Gasteiger partial charge in [0, 0.05) is 5.75 Å². The molecule has 3 N–H and O–H groups in total. The summed E-state index contributed by atoms with van der Waals surface area (Å²) in [7, 11) is 0. The van der Waals surface area contributed by atoms with Gasteiger partial charge in [-0.15, -0.1) is 6.07 Å². The highest BCUT2D eigenvalue weighted by atomic mass is 32.2. The molecule has 1 aliphatic heterocycles. The predicted octanol–water partition coefficient (Wildman–Crippen LogP) is 0.0932. The predicted molar refractivity (Wildman–Crippen MR) is 70.4 cm³/mol. The summed E-state index contributed by atoms with van der Waals surface area (Å²) in [5.74, 6) is -0.275. The molecule has 18 heavy (non-hydrogen) atoms. The molecule has 0 aromatic carbocycles. The van der Waals surface area contributed by atoms with Gasteiger partial charge in [0.25, 0.3) is 11.3 Å². The van der Waals surface area contributed by atoms with E-state index in [0.29, 0.717) is 5.75 Å². The monoisotopic (exact) mass is 280 g/mol. The number of aromatic amines is 1. The van der Waals surface area contributed by atoms with Crippen LogP contribution in [0.15, 0.2) is 12.1 Å². The minimum atomic E-state index is -0.820. The van der Waals surface area contributed by atoms with Crippen LogP contribution in [-0.2, 0) is 4.79 Å². The van der Waals surface area contributed by atoms with Gasteiger partial charge in [-0.3, -0.25) is 0 Å². The van der Waals surface area contributed by atoms with Crippen molar-refractivity contribution in [1.29, 1.82) is 0 Å². The smallest absolute Gasteiger partial charge is 0.404 e. The first-order chi connectivity index (χ1) is 8.65. The summed E-state index contributed by atoms with van der Waals surface area (Å²) < 4.78 is 2.60. The zero-order chi connectivity index (χ0) is 12.7. The summed E-state index contributed by atoms with van der Waals surface area (Å²) >= 11 is 3.05. The van der Waals surface area contributed by atoms with Gasteiger partial charge in [0.1, 0.15) is 6.04 Å². The number of aromatic nitrogens is 2. The fourth-order valence-corrected chi connectivity index (χ4v) is 3.88. The molecule has 92 valence electrons. The molecular weight excluding hydrogens is 270 g/mol. The summed E-state index contributed by atoms with van der Waals surface area (Å²) in [6.07, 6.45) is 2.97. The highest BCUT2D eigenvalue weighted by Crippen LogP contribution is 2.23. The Morgan fingerprint density at radius 2 is 2.56 bits per heavy atom.